The number of halogens is 1. The van der Waals surface area contributed by atoms with E-state index < -0.39 is 5.91 Å². The molecule has 0 aromatic heterocycles. The first kappa shape index (κ1) is 23.1. The topological polar surface area (TPSA) is 67.8 Å². The molecule has 0 aliphatic carbocycles. The number of amidine groups is 1. The van der Waals surface area contributed by atoms with Gasteiger partial charge in [-0.3, -0.25) is 9.59 Å². The molecule has 0 spiro atoms. The van der Waals surface area contributed by atoms with E-state index in [4.69, 9.17) is 4.74 Å². The van der Waals surface area contributed by atoms with Crippen molar-refractivity contribution in [1.82, 2.24) is 5.32 Å². The van der Waals surface area contributed by atoms with Gasteiger partial charge in [-0.2, -0.15) is 4.99 Å². The smallest absolute Gasteiger partial charge is 0.279 e. The highest BCUT2D eigenvalue weighted by atomic mass is 79.9. The van der Waals surface area contributed by atoms with Crippen LogP contribution in [0.3, 0.4) is 0 Å². The Hall–Kier alpha value is -3.68. The number of carbonyl (C=O) groups is 2. The molecule has 1 heterocycles. The maximum Gasteiger partial charge on any atom is 0.279 e. The van der Waals surface area contributed by atoms with Crippen molar-refractivity contribution in [3.63, 3.8) is 0 Å². The van der Waals surface area contributed by atoms with Gasteiger partial charge in [0.25, 0.3) is 11.8 Å². The number of hydrogen-bond donors (Lipinski definition) is 1. The van der Waals surface area contributed by atoms with Gasteiger partial charge < -0.3 is 10.1 Å². The van der Waals surface area contributed by atoms with Crippen LogP contribution in [0.2, 0.25) is 0 Å². The summed E-state index contributed by atoms with van der Waals surface area (Å²) in [6.07, 6.45) is 1.76. The molecule has 172 valence electrons. The Morgan fingerprint density at radius 1 is 0.971 bits per heavy atom. The highest BCUT2D eigenvalue weighted by Gasteiger charge is 2.25. The molecule has 35 heavy (non-hydrogen) atoms. The first-order valence-electron chi connectivity index (χ1n) is 10.8. The van der Waals surface area contributed by atoms with Crippen molar-refractivity contribution < 1.29 is 14.3 Å². The number of carbonyl (C=O) groups excluding carboxylic acids is 2. The monoisotopic (exact) mass is 542 g/mol. The van der Waals surface area contributed by atoms with Gasteiger partial charge in [0.05, 0.1) is 9.38 Å². The summed E-state index contributed by atoms with van der Waals surface area (Å²) >= 11 is 4.71. The van der Waals surface area contributed by atoms with Crippen LogP contribution in [0.25, 0.3) is 16.8 Å². The Bertz CT molecular complexity index is 1490. The highest BCUT2D eigenvalue weighted by Crippen LogP contribution is 2.31. The van der Waals surface area contributed by atoms with Crippen molar-refractivity contribution in [1.29, 1.82) is 0 Å². The number of benzene rings is 4. The van der Waals surface area contributed by atoms with Gasteiger partial charge in [0.1, 0.15) is 12.4 Å². The molecule has 4 aromatic carbocycles. The average Bonchev–Trinajstić information content (AvgIpc) is 3.22. The second-order valence-corrected chi connectivity index (χ2v) is 9.65. The zero-order valence-corrected chi connectivity index (χ0v) is 20.8. The van der Waals surface area contributed by atoms with Gasteiger partial charge in [0.15, 0.2) is 5.17 Å². The molecule has 1 fully saturated rings. The molecule has 4 aromatic rings. The third-order valence-corrected chi connectivity index (χ3v) is 6.92. The van der Waals surface area contributed by atoms with E-state index in [1.54, 1.807) is 30.3 Å². The Kier molecular flexibility index (Phi) is 6.79. The molecule has 1 aliphatic heterocycles. The molecular weight excluding hydrogens is 524 g/mol. The summed E-state index contributed by atoms with van der Waals surface area (Å²) in [5, 5.41) is 5.26. The molecule has 5 rings (SSSR count). The minimum atomic E-state index is -0.398. The number of aliphatic imine (C=N–C) groups is 1. The van der Waals surface area contributed by atoms with Crippen LogP contribution < -0.4 is 10.1 Å². The fourth-order valence-corrected chi connectivity index (χ4v) is 5.00. The number of rotatable bonds is 5. The van der Waals surface area contributed by atoms with Crippen LogP contribution in [-0.2, 0) is 11.4 Å². The molecule has 0 atom stereocenters. The van der Waals surface area contributed by atoms with E-state index in [-0.39, 0.29) is 11.1 Å². The molecule has 7 heteroatoms. The molecule has 1 saturated heterocycles. The quantitative estimate of drug-likeness (QED) is 0.289. The highest BCUT2D eigenvalue weighted by molar-refractivity contribution is 9.10. The molecule has 5 nitrogen and oxygen atoms in total. The average molecular weight is 543 g/mol. The summed E-state index contributed by atoms with van der Waals surface area (Å²) in [5.74, 6) is 0.0198. The number of nitrogens with zero attached hydrogens (tertiary/aromatic N) is 1. The van der Waals surface area contributed by atoms with Gasteiger partial charge in [-0.25, -0.2) is 0 Å². The normalized spacial score (nSPS) is 15.5. The van der Waals surface area contributed by atoms with Crippen LogP contribution in [0.5, 0.6) is 5.75 Å². The minimum absolute atomic E-state index is 0.268. The Morgan fingerprint density at radius 2 is 1.74 bits per heavy atom. The van der Waals surface area contributed by atoms with Crippen LogP contribution in [0.1, 0.15) is 21.5 Å². The zero-order chi connectivity index (χ0) is 24.2. The van der Waals surface area contributed by atoms with E-state index in [9.17, 15) is 9.59 Å². The van der Waals surface area contributed by atoms with E-state index in [0.717, 1.165) is 27.4 Å². The molecule has 0 saturated carbocycles. The third kappa shape index (κ3) is 5.37. The van der Waals surface area contributed by atoms with Gasteiger partial charge in [0.2, 0.25) is 0 Å². The summed E-state index contributed by atoms with van der Waals surface area (Å²) in [4.78, 5) is 29.2. The van der Waals surface area contributed by atoms with Crippen molar-refractivity contribution >= 4 is 61.5 Å². The summed E-state index contributed by atoms with van der Waals surface area (Å²) < 4.78 is 6.85. The van der Waals surface area contributed by atoms with Gasteiger partial charge in [-0.05, 0) is 79.9 Å². The first-order chi connectivity index (χ1) is 17.1. The predicted molar refractivity (Wildman–Crippen MR) is 144 cm³/mol. The second kappa shape index (κ2) is 10.3. The number of fused-ring (bicyclic) bond motifs is 1. The number of amides is 2. The standard InChI is InChI=1S/C28H19BrN2O3S/c29-23-15-18(13-14-24(23)34-17-21-11-6-10-19-7-4-5-12-22(19)21)16-25-27(33)31-28(35-25)30-26(32)20-8-2-1-3-9-20/h1-16H,17H2,(H,30,31,32,33)/b25-16-. The molecule has 0 radical (unpaired) electrons. The Morgan fingerprint density at radius 3 is 2.57 bits per heavy atom. The van der Waals surface area contributed by atoms with Crippen LogP contribution in [0.4, 0.5) is 0 Å². The molecule has 1 aliphatic rings. The number of nitrogens with one attached hydrogen (secondary N) is 1. The molecule has 1 N–H and O–H groups in total. The molecular formula is C28H19BrN2O3S. The molecule has 0 unspecified atom stereocenters. The van der Waals surface area contributed by atoms with Crippen molar-refractivity contribution in [2.75, 3.05) is 0 Å². The van der Waals surface area contributed by atoms with Crippen molar-refractivity contribution in [2.24, 2.45) is 4.99 Å². The van der Waals surface area contributed by atoms with Gasteiger partial charge in [-0.1, -0.05) is 66.7 Å². The van der Waals surface area contributed by atoms with Gasteiger partial charge >= 0.3 is 0 Å². The van der Waals surface area contributed by atoms with Crippen molar-refractivity contribution in [2.45, 2.75) is 6.61 Å². The SMILES string of the molecule is O=C1NC(=NC(=O)c2ccccc2)S/C1=C\c1ccc(OCc2cccc3ccccc23)c(Br)c1. The number of thioether (sulfide) groups is 1. The van der Waals surface area contributed by atoms with Crippen LogP contribution in [0.15, 0.2) is 105 Å². The van der Waals surface area contributed by atoms with E-state index >= 15 is 0 Å². The van der Waals surface area contributed by atoms with Gasteiger partial charge in [0, 0.05) is 5.56 Å². The predicted octanol–water partition coefficient (Wildman–Crippen LogP) is 6.58. The Labute approximate surface area is 215 Å². The van der Waals surface area contributed by atoms with Crippen LogP contribution >= 0.6 is 27.7 Å². The fourth-order valence-electron chi connectivity index (χ4n) is 3.67. The van der Waals surface area contributed by atoms with Crippen molar-refractivity contribution in [3.05, 3.63) is 117 Å². The van der Waals surface area contributed by atoms with Crippen LogP contribution in [-0.4, -0.2) is 17.0 Å². The van der Waals surface area contributed by atoms with Gasteiger partial charge in [-0.15, -0.1) is 0 Å². The van der Waals surface area contributed by atoms with Crippen molar-refractivity contribution in [3.8, 4) is 5.75 Å². The summed E-state index contributed by atoms with van der Waals surface area (Å²) in [6, 6.07) is 28.8. The minimum Gasteiger partial charge on any atom is -0.488 e. The number of ether oxygens (including phenoxy) is 1. The number of hydrogen-bond acceptors (Lipinski definition) is 4. The molecule has 0 bridgehead atoms. The third-order valence-electron chi connectivity index (χ3n) is 5.39. The fraction of sp³-hybridized carbons (Fsp3) is 0.0357. The largest absolute Gasteiger partial charge is 0.488 e. The lowest BCUT2D eigenvalue weighted by Crippen LogP contribution is -2.20. The Balaban J connectivity index is 1.28. The maximum absolute atomic E-state index is 12.4. The molecule has 2 amide bonds. The van der Waals surface area contributed by atoms with E-state index in [0.29, 0.717) is 22.8 Å². The zero-order valence-electron chi connectivity index (χ0n) is 18.4. The lowest BCUT2D eigenvalue weighted by atomic mass is 10.1. The lowest BCUT2D eigenvalue weighted by Gasteiger charge is -2.11. The second-order valence-electron chi connectivity index (χ2n) is 7.77. The first-order valence-corrected chi connectivity index (χ1v) is 12.5. The van der Waals surface area contributed by atoms with E-state index in [2.05, 4.69) is 50.5 Å². The summed E-state index contributed by atoms with van der Waals surface area (Å²) in [6.45, 7) is 0.438. The lowest BCUT2D eigenvalue weighted by molar-refractivity contribution is -0.115. The van der Waals surface area contributed by atoms with E-state index in [1.807, 2.05) is 42.5 Å². The maximum atomic E-state index is 12.4. The van der Waals surface area contributed by atoms with Crippen LogP contribution in [0, 0.1) is 0 Å². The summed E-state index contributed by atoms with van der Waals surface area (Å²) in [5.41, 5.74) is 2.40. The van der Waals surface area contributed by atoms with E-state index in [1.165, 1.54) is 10.8 Å². The summed E-state index contributed by atoms with van der Waals surface area (Å²) in [7, 11) is 0.